The summed E-state index contributed by atoms with van der Waals surface area (Å²) in [4.78, 5) is 6.96. The van der Waals surface area contributed by atoms with Crippen molar-refractivity contribution in [2.24, 2.45) is 0 Å². The molecule has 0 saturated heterocycles. The Hall–Kier alpha value is -0.490. The molecule has 1 N–H and O–H groups in total. The Kier molecular flexibility index (Phi) is 7.35. The Morgan fingerprint density at radius 1 is 1.47 bits per heavy atom. The van der Waals surface area contributed by atoms with E-state index in [1.807, 2.05) is 0 Å². The van der Waals surface area contributed by atoms with Gasteiger partial charge < -0.3 is 10.1 Å². The fraction of sp³-hybridized carbons (Fsp3) is 0.750. The number of hydrogen-bond donors (Lipinski definition) is 1. The van der Waals surface area contributed by atoms with E-state index in [1.165, 1.54) is 10.7 Å². The molecule has 0 fully saturated rings. The summed E-state index contributed by atoms with van der Waals surface area (Å²) in [6.07, 6.45) is 0. The molecule has 0 aliphatic carbocycles. The van der Waals surface area contributed by atoms with E-state index in [1.54, 1.807) is 18.4 Å². The van der Waals surface area contributed by atoms with Crippen molar-refractivity contribution in [3.05, 3.63) is 16.1 Å². The van der Waals surface area contributed by atoms with E-state index in [0.717, 1.165) is 39.3 Å². The highest BCUT2D eigenvalue weighted by atomic mass is 32.1. The van der Waals surface area contributed by atoms with Crippen LogP contribution >= 0.6 is 11.3 Å². The molecule has 1 heterocycles. The molecule has 0 atom stereocenters. The molecule has 98 valence electrons. The maximum atomic E-state index is 5.10. The third-order valence-corrected chi connectivity index (χ3v) is 3.47. The summed E-state index contributed by atoms with van der Waals surface area (Å²) < 4.78 is 5.10. The summed E-state index contributed by atoms with van der Waals surface area (Å²) in [5.41, 5.74) is 1.17. The fourth-order valence-corrected chi connectivity index (χ4v) is 2.29. The fourth-order valence-electron chi connectivity index (χ4n) is 1.53. The lowest BCUT2D eigenvalue weighted by molar-refractivity contribution is 0.147. The highest BCUT2D eigenvalue weighted by Crippen LogP contribution is 2.11. The Labute approximate surface area is 108 Å². The van der Waals surface area contributed by atoms with Crippen LogP contribution in [-0.4, -0.2) is 43.2 Å². The molecular weight excluding hydrogens is 234 g/mol. The first-order chi connectivity index (χ1) is 8.30. The lowest BCUT2D eigenvalue weighted by atomic mass is 10.4. The molecule has 0 spiro atoms. The number of likely N-dealkylation sites (N-methyl/N-ethyl adjacent to an activating group) is 1. The first kappa shape index (κ1) is 14.6. The molecule has 0 aliphatic rings. The third-order valence-electron chi connectivity index (χ3n) is 2.57. The van der Waals surface area contributed by atoms with Crippen molar-refractivity contribution in [3.8, 4) is 0 Å². The monoisotopic (exact) mass is 257 g/mol. The minimum atomic E-state index is 0.780. The predicted molar refractivity (Wildman–Crippen MR) is 72.3 cm³/mol. The summed E-state index contributed by atoms with van der Waals surface area (Å²) in [6.45, 7) is 9.84. The van der Waals surface area contributed by atoms with Crippen LogP contribution in [-0.2, 0) is 17.8 Å². The van der Waals surface area contributed by atoms with Crippen LogP contribution in [0.1, 0.15) is 24.5 Å². The van der Waals surface area contributed by atoms with Crippen molar-refractivity contribution in [1.29, 1.82) is 0 Å². The van der Waals surface area contributed by atoms with Crippen molar-refractivity contribution in [1.82, 2.24) is 15.2 Å². The molecular formula is C12H23N3OS. The maximum absolute atomic E-state index is 5.10. The number of ether oxygens (including phenoxy) is 1. The van der Waals surface area contributed by atoms with E-state index < -0.39 is 0 Å². The van der Waals surface area contributed by atoms with Crippen molar-refractivity contribution >= 4 is 11.3 Å². The molecule has 1 aromatic heterocycles. The molecule has 0 amide bonds. The van der Waals surface area contributed by atoms with Crippen LogP contribution in [0.15, 0.2) is 5.38 Å². The summed E-state index contributed by atoms with van der Waals surface area (Å²) in [7, 11) is 1.74. The van der Waals surface area contributed by atoms with Crippen LogP contribution in [0, 0.1) is 0 Å². The molecule has 0 saturated carbocycles. The van der Waals surface area contributed by atoms with Gasteiger partial charge in [0.05, 0.1) is 12.3 Å². The van der Waals surface area contributed by atoms with E-state index in [2.05, 4.69) is 34.4 Å². The summed E-state index contributed by atoms with van der Waals surface area (Å²) in [6, 6.07) is 0. The summed E-state index contributed by atoms with van der Waals surface area (Å²) in [5, 5.41) is 6.62. The highest BCUT2D eigenvalue weighted by molar-refractivity contribution is 7.09. The summed E-state index contributed by atoms with van der Waals surface area (Å²) >= 11 is 1.73. The lowest BCUT2D eigenvalue weighted by Crippen LogP contribution is -2.26. The van der Waals surface area contributed by atoms with Crippen molar-refractivity contribution in [2.45, 2.75) is 26.9 Å². The highest BCUT2D eigenvalue weighted by Gasteiger charge is 2.07. The normalized spacial score (nSPS) is 11.3. The molecule has 5 heteroatoms. The van der Waals surface area contributed by atoms with Gasteiger partial charge in [0, 0.05) is 32.1 Å². The van der Waals surface area contributed by atoms with Crippen molar-refractivity contribution < 1.29 is 4.74 Å². The minimum Gasteiger partial charge on any atom is -0.383 e. The third kappa shape index (κ3) is 5.59. The van der Waals surface area contributed by atoms with E-state index >= 15 is 0 Å². The van der Waals surface area contributed by atoms with Crippen LogP contribution in [0.3, 0.4) is 0 Å². The molecule has 0 bridgehead atoms. The zero-order chi connectivity index (χ0) is 12.5. The molecule has 0 aromatic carbocycles. The Bertz CT molecular complexity index is 304. The predicted octanol–water partition coefficient (Wildman–Crippen LogP) is 1.72. The van der Waals surface area contributed by atoms with Crippen molar-refractivity contribution in [3.63, 3.8) is 0 Å². The molecule has 0 aliphatic heterocycles. The van der Waals surface area contributed by atoms with Crippen LogP contribution in [0.4, 0.5) is 0 Å². The quantitative estimate of drug-likeness (QED) is 0.731. The van der Waals surface area contributed by atoms with E-state index in [4.69, 9.17) is 4.74 Å². The average Bonchev–Trinajstić information content (AvgIpc) is 2.79. The van der Waals surface area contributed by atoms with Gasteiger partial charge in [0.15, 0.2) is 0 Å². The molecule has 1 rings (SSSR count). The van der Waals surface area contributed by atoms with Gasteiger partial charge in [-0.2, -0.15) is 0 Å². The van der Waals surface area contributed by atoms with E-state index in [-0.39, 0.29) is 0 Å². The van der Waals surface area contributed by atoms with Gasteiger partial charge in [-0.1, -0.05) is 13.8 Å². The number of aromatic nitrogens is 1. The number of nitrogens with one attached hydrogen (secondary N) is 1. The number of rotatable bonds is 9. The van der Waals surface area contributed by atoms with Crippen LogP contribution in [0.5, 0.6) is 0 Å². The average molecular weight is 257 g/mol. The Balaban J connectivity index is 2.40. The van der Waals surface area contributed by atoms with E-state index in [9.17, 15) is 0 Å². The van der Waals surface area contributed by atoms with Gasteiger partial charge >= 0.3 is 0 Å². The van der Waals surface area contributed by atoms with Gasteiger partial charge in [-0.05, 0) is 13.1 Å². The number of hydrogen-bond acceptors (Lipinski definition) is 5. The number of nitrogens with zero attached hydrogens (tertiary/aromatic N) is 2. The zero-order valence-electron chi connectivity index (χ0n) is 11.0. The first-order valence-electron chi connectivity index (χ1n) is 6.15. The summed E-state index contributed by atoms with van der Waals surface area (Å²) in [5.74, 6) is 0. The molecule has 0 radical (unpaired) electrons. The van der Waals surface area contributed by atoms with E-state index in [0.29, 0.717) is 0 Å². The first-order valence-corrected chi connectivity index (χ1v) is 7.03. The van der Waals surface area contributed by atoms with Crippen LogP contribution in [0.25, 0.3) is 0 Å². The van der Waals surface area contributed by atoms with Gasteiger partial charge in [0.2, 0.25) is 0 Å². The van der Waals surface area contributed by atoms with Crippen LogP contribution < -0.4 is 5.32 Å². The van der Waals surface area contributed by atoms with Crippen molar-refractivity contribution in [2.75, 3.05) is 33.4 Å². The largest absolute Gasteiger partial charge is 0.383 e. The van der Waals surface area contributed by atoms with Gasteiger partial charge in [-0.25, -0.2) is 4.98 Å². The topological polar surface area (TPSA) is 37.4 Å². The Morgan fingerprint density at radius 2 is 2.29 bits per heavy atom. The second-order valence-corrected chi connectivity index (χ2v) is 4.82. The number of thiazole rings is 1. The molecule has 0 unspecified atom stereocenters. The number of methoxy groups -OCH3 is 1. The van der Waals surface area contributed by atoms with Gasteiger partial charge in [-0.3, -0.25) is 4.90 Å². The SMILES string of the molecule is CCNCc1nc(CN(CC)CCOC)cs1. The van der Waals surface area contributed by atoms with Gasteiger partial charge in [-0.15, -0.1) is 11.3 Å². The maximum Gasteiger partial charge on any atom is 0.107 e. The van der Waals surface area contributed by atoms with Crippen LogP contribution in [0.2, 0.25) is 0 Å². The zero-order valence-corrected chi connectivity index (χ0v) is 11.8. The van der Waals surface area contributed by atoms with Gasteiger partial charge in [0.1, 0.15) is 5.01 Å². The second kappa shape index (κ2) is 8.58. The molecule has 4 nitrogen and oxygen atoms in total. The molecule has 1 aromatic rings. The standard InChI is InChI=1S/C12H23N3OS/c1-4-13-8-12-14-11(10-17-12)9-15(5-2)6-7-16-3/h10,13H,4-9H2,1-3H3. The minimum absolute atomic E-state index is 0.780. The smallest absolute Gasteiger partial charge is 0.107 e. The Morgan fingerprint density at radius 3 is 2.94 bits per heavy atom. The lowest BCUT2D eigenvalue weighted by Gasteiger charge is -2.18. The molecule has 17 heavy (non-hydrogen) atoms. The second-order valence-electron chi connectivity index (χ2n) is 3.87. The van der Waals surface area contributed by atoms with Gasteiger partial charge in [0.25, 0.3) is 0 Å².